The molecule has 1 aromatic carbocycles. The molecular weight excluding hydrogens is 257 g/mol. The highest BCUT2D eigenvalue weighted by atomic mass is 19.1. The molecule has 1 saturated carbocycles. The van der Waals surface area contributed by atoms with Gasteiger partial charge in [-0.1, -0.05) is 13.8 Å². The van der Waals surface area contributed by atoms with E-state index in [-0.39, 0.29) is 11.8 Å². The lowest BCUT2D eigenvalue weighted by Gasteiger charge is -2.41. The summed E-state index contributed by atoms with van der Waals surface area (Å²) < 4.78 is 18.0. The molecule has 0 aromatic heterocycles. The van der Waals surface area contributed by atoms with E-state index in [2.05, 4.69) is 19.2 Å². The lowest BCUT2D eigenvalue weighted by molar-refractivity contribution is -0.148. The van der Waals surface area contributed by atoms with Crippen molar-refractivity contribution in [3.63, 3.8) is 0 Å². The van der Waals surface area contributed by atoms with E-state index >= 15 is 0 Å². The molecule has 1 aromatic rings. The Labute approximate surface area is 119 Å². The molecule has 20 heavy (non-hydrogen) atoms. The van der Waals surface area contributed by atoms with E-state index < -0.39 is 5.54 Å². The van der Waals surface area contributed by atoms with Gasteiger partial charge >= 0.3 is 5.97 Å². The summed E-state index contributed by atoms with van der Waals surface area (Å²) in [5.74, 6) is 0.521. The average Bonchev–Trinajstić information content (AvgIpc) is 2.44. The van der Waals surface area contributed by atoms with E-state index in [0.717, 1.165) is 24.9 Å². The molecule has 110 valence electrons. The molecule has 3 atom stereocenters. The fourth-order valence-corrected chi connectivity index (χ4v) is 2.97. The number of anilines is 1. The van der Waals surface area contributed by atoms with E-state index in [9.17, 15) is 9.18 Å². The van der Waals surface area contributed by atoms with Gasteiger partial charge in [-0.3, -0.25) is 0 Å². The molecule has 1 aliphatic carbocycles. The van der Waals surface area contributed by atoms with Crippen molar-refractivity contribution in [2.45, 2.75) is 38.6 Å². The third kappa shape index (κ3) is 2.94. The van der Waals surface area contributed by atoms with Gasteiger partial charge in [-0.25, -0.2) is 9.18 Å². The molecule has 0 saturated heterocycles. The lowest BCUT2D eigenvalue weighted by atomic mass is 9.71. The average molecular weight is 279 g/mol. The lowest BCUT2D eigenvalue weighted by Crippen LogP contribution is -2.51. The fraction of sp³-hybridized carbons (Fsp3) is 0.562. The second-order valence-electron chi connectivity index (χ2n) is 5.90. The molecule has 0 aliphatic heterocycles. The molecule has 1 N–H and O–H groups in total. The monoisotopic (exact) mass is 279 g/mol. The Kier molecular flexibility index (Phi) is 4.31. The van der Waals surface area contributed by atoms with Crippen LogP contribution in [0.2, 0.25) is 0 Å². The largest absolute Gasteiger partial charge is 0.467 e. The highest BCUT2D eigenvalue weighted by Gasteiger charge is 2.44. The number of ether oxygens (including phenoxy) is 1. The second-order valence-corrected chi connectivity index (χ2v) is 5.90. The molecule has 3 unspecified atom stereocenters. The van der Waals surface area contributed by atoms with Crippen LogP contribution in [0.4, 0.5) is 10.1 Å². The molecule has 0 radical (unpaired) electrons. The molecule has 3 nitrogen and oxygen atoms in total. The summed E-state index contributed by atoms with van der Waals surface area (Å²) in [6.07, 6.45) is 2.45. The van der Waals surface area contributed by atoms with Crippen molar-refractivity contribution in [3.05, 3.63) is 30.1 Å². The van der Waals surface area contributed by atoms with Gasteiger partial charge in [0, 0.05) is 5.69 Å². The van der Waals surface area contributed by atoms with E-state index in [4.69, 9.17) is 4.74 Å². The minimum atomic E-state index is -0.696. The van der Waals surface area contributed by atoms with Gasteiger partial charge in [0.15, 0.2) is 0 Å². The van der Waals surface area contributed by atoms with Crippen molar-refractivity contribution in [1.82, 2.24) is 0 Å². The molecule has 1 aliphatic rings. The van der Waals surface area contributed by atoms with Gasteiger partial charge in [-0.2, -0.15) is 0 Å². The van der Waals surface area contributed by atoms with Crippen LogP contribution in [0, 0.1) is 17.7 Å². The van der Waals surface area contributed by atoms with Gasteiger partial charge in [0.1, 0.15) is 11.4 Å². The smallest absolute Gasteiger partial charge is 0.331 e. The maximum Gasteiger partial charge on any atom is 0.331 e. The second kappa shape index (κ2) is 5.81. The molecule has 0 heterocycles. The predicted molar refractivity (Wildman–Crippen MR) is 76.9 cm³/mol. The van der Waals surface area contributed by atoms with Crippen molar-refractivity contribution in [3.8, 4) is 0 Å². The van der Waals surface area contributed by atoms with Crippen LogP contribution in [0.3, 0.4) is 0 Å². The number of hydrogen-bond donors (Lipinski definition) is 1. The zero-order valence-corrected chi connectivity index (χ0v) is 12.3. The van der Waals surface area contributed by atoms with Crippen LogP contribution in [-0.2, 0) is 9.53 Å². The van der Waals surface area contributed by atoms with Crippen molar-refractivity contribution in [2.24, 2.45) is 11.8 Å². The zero-order valence-electron chi connectivity index (χ0n) is 12.3. The van der Waals surface area contributed by atoms with Gasteiger partial charge in [0.2, 0.25) is 0 Å². The van der Waals surface area contributed by atoms with Crippen LogP contribution < -0.4 is 5.32 Å². The maximum absolute atomic E-state index is 13.0. The Bertz CT molecular complexity index is 474. The number of esters is 1. The van der Waals surface area contributed by atoms with E-state index in [0.29, 0.717) is 11.8 Å². The Hall–Kier alpha value is -1.58. The van der Waals surface area contributed by atoms with Gasteiger partial charge in [-0.05, 0) is 55.4 Å². The summed E-state index contributed by atoms with van der Waals surface area (Å²) in [6, 6.07) is 6.09. The molecule has 2 rings (SSSR count). The van der Waals surface area contributed by atoms with Crippen LogP contribution in [-0.4, -0.2) is 18.6 Å². The Morgan fingerprint density at radius 2 is 1.95 bits per heavy atom. The van der Waals surface area contributed by atoms with Crippen LogP contribution in [0.5, 0.6) is 0 Å². The minimum absolute atomic E-state index is 0.236. The Balaban J connectivity index is 2.24. The molecule has 1 fully saturated rings. The number of rotatable bonds is 3. The molecule has 0 bridgehead atoms. The van der Waals surface area contributed by atoms with E-state index in [1.54, 1.807) is 12.1 Å². The summed E-state index contributed by atoms with van der Waals surface area (Å²) in [5, 5.41) is 3.28. The highest BCUT2D eigenvalue weighted by Crippen LogP contribution is 2.39. The van der Waals surface area contributed by atoms with Crippen LogP contribution in [0.25, 0.3) is 0 Å². The number of benzene rings is 1. The van der Waals surface area contributed by atoms with Gasteiger partial charge < -0.3 is 10.1 Å². The number of hydrogen-bond acceptors (Lipinski definition) is 3. The van der Waals surface area contributed by atoms with Crippen LogP contribution in [0.1, 0.15) is 33.1 Å². The minimum Gasteiger partial charge on any atom is -0.467 e. The standard InChI is InChI=1S/C16H22FNO2/c1-11-8-9-16(10-12(11)2,15(19)20-3)18-14-6-4-13(17)5-7-14/h4-7,11-12,18H,8-10H2,1-3H3. The number of methoxy groups -OCH3 is 1. The van der Waals surface area contributed by atoms with E-state index in [1.165, 1.54) is 19.2 Å². The fourth-order valence-electron chi connectivity index (χ4n) is 2.97. The molecule has 0 spiro atoms. The summed E-state index contributed by atoms with van der Waals surface area (Å²) in [5.41, 5.74) is 0.0527. The normalized spacial score (nSPS) is 29.8. The van der Waals surface area contributed by atoms with Crippen LogP contribution >= 0.6 is 0 Å². The van der Waals surface area contributed by atoms with Gasteiger partial charge in [0.25, 0.3) is 0 Å². The third-order valence-electron chi connectivity index (χ3n) is 4.47. The number of halogens is 1. The first-order valence-electron chi connectivity index (χ1n) is 7.09. The van der Waals surface area contributed by atoms with Crippen molar-refractivity contribution in [1.29, 1.82) is 0 Å². The first kappa shape index (κ1) is 14.8. The first-order chi connectivity index (χ1) is 9.47. The van der Waals surface area contributed by atoms with E-state index in [1.807, 2.05) is 0 Å². The van der Waals surface area contributed by atoms with Crippen molar-refractivity contribution in [2.75, 3.05) is 12.4 Å². The predicted octanol–water partition coefficient (Wildman–Crippen LogP) is 3.61. The summed E-state index contributed by atoms with van der Waals surface area (Å²) in [7, 11) is 1.42. The quantitative estimate of drug-likeness (QED) is 0.859. The Morgan fingerprint density at radius 1 is 1.30 bits per heavy atom. The maximum atomic E-state index is 13.0. The number of nitrogens with one attached hydrogen (secondary N) is 1. The SMILES string of the molecule is COC(=O)C1(Nc2ccc(F)cc2)CCC(C)C(C)C1. The summed E-state index contributed by atoms with van der Waals surface area (Å²) in [4.78, 5) is 12.3. The highest BCUT2D eigenvalue weighted by molar-refractivity contribution is 5.84. The third-order valence-corrected chi connectivity index (χ3v) is 4.47. The Morgan fingerprint density at radius 3 is 2.50 bits per heavy atom. The molecule has 0 amide bonds. The zero-order chi connectivity index (χ0) is 14.8. The van der Waals surface area contributed by atoms with Crippen molar-refractivity contribution < 1.29 is 13.9 Å². The van der Waals surface area contributed by atoms with Crippen molar-refractivity contribution >= 4 is 11.7 Å². The molecular formula is C16H22FNO2. The van der Waals surface area contributed by atoms with Crippen LogP contribution in [0.15, 0.2) is 24.3 Å². The number of carbonyl (C=O) groups is 1. The first-order valence-corrected chi connectivity index (χ1v) is 7.09. The van der Waals surface area contributed by atoms with Gasteiger partial charge in [-0.15, -0.1) is 0 Å². The van der Waals surface area contributed by atoms with Gasteiger partial charge in [0.05, 0.1) is 7.11 Å². The molecule has 4 heteroatoms. The topological polar surface area (TPSA) is 38.3 Å². The summed E-state index contributed by atoms with van der Waals surface area (Å²) in [6.45, 7) is 4.37. The summed E-state index contributed by atoms with van der Waals surface area (Å²) >= 11 is 0. The number of carbonyl (C=O) groups excluding carboxylic acids is 1.